The van der Waals surface area contributed by atoms with E-state index in [2.05, 4.69) is 8.85 Å². The molecule has 0 aliphatic heterocycles. The van der Waals surface area contributed by atoms with Crippen molar-refractivity contribution in [3.8, 4) is 0 Å². The topological polar surface area (TPSA) is 18.5 Å². The maximum Gasteiger partial charge on any atom is 0.410 e. The first kappa shape index (κ1) is 12.7. The Morgan fingerprint density at radius 1 is 0.769 bits per heavy atom. The van der Waals surface area contributed by atoms with Crippen LogP contribution in [-0.2, 0) is 8.85 Å². The molecule has 0 saturated heterocycles. The summed E-state index contributed by atoms with van der Waals surface area (Å²) in [5.74, 6) is 0. The van der Waals surface area contributed by atoms with Gasteiger partial charge in [0.15, 0.2) is 0 Å². The molecule has 0 aliphatic rings. The average Bonchev–Trinajstić information content (AvgIpc) is 1.81. The third-order valence-electron chi connectivity index (χ3n) is 0.698. The van der Waals surface area contributed by atoms with Gasteiger partial charge in [-0.3, -0.25) is 0 Å². The van der Waals surface area contributed by atoms with Gasteiger partial charge < -0.3 is 8.85 Å². The van der Waals surface area contributed by atoms with Gasteiger partial charge in [-0.05, 0) is 0 Å². The van der Waals surface area contributed by atoms with Crippen LogP contribution in [0.5, 0.6) is 0 Å². The van der Waals surface area contributed by atoms with E-state index in [4.69, 9.17) is 0 Å². The molecule has 13 heavy (non-hydrogen) atoms. The normalized spacial score (nSPS) is 13.4. The molecule has 0 bridgehead atoms. The summed E-state index contributed by atoms with van der Waals surface area (Å²) < 4.78 is 75.8. The van der Waals surface area contributed by atoms with Crippen molar-refractivity contribution in [2.24, 2.45) is 0 Å². The molecule has 0 aromatic carbocycles. The number of rotatable bonds is 4. The lowest BCUT2D eigenvalue weighted by molar-refractivity contribution is -0.166. The SMILES string of the molecule is FC(F)(F)CO[SiH2]OCC(F)(F)F. The molecule has 0 unspecified atom stereocenters. The van der Waals surface area contributed by atoms with Crippen LogP contribution in [0.15, 0.2) is 0 Å². The van der Waals surface area contributed by atoms with Crippen LogP contribution in [-0.4, -0.2) is 35.6 Å². The van der Waals surface area contributed by atoms with E-state index in [-0.39, 0.29) is 0 Å². The summed E-state index contributed by atoms with van der Waals surface area (Å²) in [5, 5.41) is 0. The number of halogens is 6. The summed E-state index contributed by atoms with van der Waals surface area (Å²) in [6.45, 7) is -3.12. The molecule has 0 radical (unpaired) electrons. The summed E-state index contributed by atoms with van der Waals surface area (Å²) in [7, 11) is -2.19. The summed E-state index contributed by atoms with van der Waals surface area (Å²) in [6.07, 6.45) is -9.04. The smallest absolute Gasteiger partial charge is 0.389 e. The van der Waals surface area contributed by atoms with Crippen LogP contribution in [0.1, 0.15) is 0 Å². The van der Waals surface area contributed by atoms with E-state index in [1.165, 1.54) is 0 Å². The molecule has 0 aromatic heterocycles. The quantitative estimate of drug-likeness (QED) is 0.408. The second-order valence-corrected chi connectivity index (χ2v) is 3.10. The molecule has 0 fully saturated rings. The van der Waals surface area contributed by atoms with Crippen LogP contribution in [0.3, 0.4) is 0 Å². The van der Waals surface area contributed by atoms with E-state index in [0.717, 1.165) is 0 Å². The maximum atomic E-state index is 11.3. The van der Waals surface area contributed by atoms with Crippen LogP contribution >= 0.6 is 0 Å². The van der Waals surface area contributed by atoms with Gasteiger partial charge in [-0.2, -0.15) is 26.3 Å². The Bertz CT molecular complexity index is 127. The predicted molar refractivity (Wildman–Crippen MR) is 32.6 cm³/mol. The summed E-state index contributed by atoms with van der Waals surface area (Å²) in [4.78, 5) is 0. The van der Waals surface area contributed by atoms with Crippen LogP contribution in [0.2, 0.25) is 0 Å². The first-order chi connectivity index (χ1) is 5.71. The summed E-state index contributed by atoms with van der Waals surface area (Å²) in [6, 6.07) is 0. The van der Waals surface area contributed by atoms with Gasteiger partial charge in [0.25, 0.3) is 0 Å². The minimum absolute atomic E-state index is 1.56. The van der Waals surface area contributed by atoms with Gasteiger partial charge in [0.2, 0.25) is 0 Å². The van der Waals surface area contributed by atoms with Crippen LogP contribution in [0.4, 0.5) is 26.3 Å². The standard InChI is InChI=1S/C4H6F6O2Si/c5-3(6,7)1-11-13-12-2-4(8,9)10/h1-2,13H2. The third kappa shape index (κ3) is 11.7. The number of alkyl halides is 6. The Morgan fingerprint density at radius 3 is 1.31 bits per heavy atom. The molecular formula is C4H6F6O2Si. The van der Waals surface area contributed by atoms with E-state index < -0.39 is 35.6 Å². The Balaban J connectivity index is 3.28. The molecule has 0 rings (SSSR count). The summed E-state index contributed by atoms with van der Waals surface area (Å²) in [5.41, 5.74) is 0. The third-order valence-corrected chi connectivity index (χ3v) is 1.44. The van der Waals surface area contributed by atoms with E-state index in [1.807, 2.05) is 0 Å². The fourth-order valence-corrected chi connectivity index (χ4v) is 1.12. The first-order valence-electron chi connectivity index (χ1n) is 3.00. The second kappa shape index (κ2) is 4.82. The van der Waals surface area contributed by atoms with Gasteiger partial charge in [0, 0.05) is 0 Å². The molecule has 2 nitrogen and oxygen atoms in total. The number of hydrogen-bond donors (Lipinski definition) is 0. The highest BCUT2D eigenvalue weighted by atomic mass is 28.3. The zero-order valence-electron chi connectivity index (χ0n) is 6.21. The van der Waals surface area contributed by atoms with E-state index in [1.54, 1.807) is 0 Å². The van der Waals surface area contributed by atoms with Crippen molar-refractivity contribution in [3.05, 3.63) is 0 Å². The molecule has 0 aliphatic carbocycles. The van der Waals surface area contributed by atoms with Crippen molar-refractivity contribution < 1.29 is 35.2 Å². The highest BCUT2D eigenvalue weighted by Crippen LogP contribution is 2.15. The fourth-order valence-electron chi connectivity index (χ4n) is 0.374. The predicted octanol–water partition coefficient (Wildman–Crippen LogP) is 1.14. The van der Waals surface area contributed by atoms with E-state index >= 15 is 0 Å². The largest absolute Gasteiger partial charge is 0.410 e. The van der Waals surface area contributed by atoms with Gasteiger partial charge in [0.1, 0.15) is 13.2 Å². The van der Waals surface area contributed by atoms with Gasteiger partial charge in [-0.25, -0.2) is 0 Å². The molecule has 0 amide bonds. The lowest BCUT2D eigenvalue weighted by Gasteiger charge is -2.09. The molecule has 0 spiro atoms. The fraction of sp³-hybridized carbons (Fsp3) is 1.00. The molecule has 9 heteroatoms. The highest BCUT2D eigenvalue weighted by Gasteiger charge is 2.29. The minimum atomic E-state index is -4.52. The van der Waals surface area contributed by atoms with Gasteiger partial charge in [0.05, 0.1) is 0 Å². The molecular weight excluding hydrogens is 222 g/mol. The molecule has 0 aromatic rings. The minimum Gasteiger partial charge on any atom is -0.389 e. The molecule has 0 atom stereocenters. The summed E-state index contributed by atoms with van der Waals surface area (Å²) >= 11 is 0. The van der Waals surface area contributed by atoms with Crippen molar-refractivity contribution >= 4 is 10.0 Å². The highest BCUT2D eigenvalue weighted by molar-refractivity contribution is 6.17. The van der Waals surface area contributed by atoms with Gasteiger partial charge in [-0.15, -0.1) is 0 Å². The van der Waals surface area contributed by atoms with Crippen LogP contribution in [0.25, 0.3) is 0 Å². The second-order valence-electron chi connectivity index (χ2n) is 2.05. The Morgan fingerprint density at radius 2 is 1.08 bits per heavy atom. The Hall–Kier alpha value is -0.283. The molecule has 0 heterocycles. The van der Waals surface area contributed by atoms with Crippen molar-refractivity contribution in [2.75, 3.05) is 13.2 Å². The lowest BCUT2D eigenvalue weighted by atomic mass is 10.7. The van der Waals surface area contributed by atoms with Crippen LogP contribution < -0.4 is 0 Å². The first-order valence-corrected chi connectivity index (χ1v) is 4.15. The van der Waals surface area contributed by atoms with Crippen molar-refractivity contribution in [1.82, 2.24) is 0 Å². The van der Waals surface area contributed by atoms with Crippen molar-refractivity contribution in [2.45, 2.75) is 12.4 Å². The molecule has 0 saturated carbocycles. The van der Waals surface area contributed by atoms with Crippen molar-refractivity contribution in [1.29, 1.82) is 0 Å². The zero-order chi connectivity index (χ0) is 10.5. The lowest BCUT2D eigenvalue weighted by Crippen LogP contribution is -2.23. The van der Waals surface area contributed by atoms with E-state index in [9.17, 15) is 26.3 Å². The van der Waals surface area contributed by atoms with Crippen molar-refractivity contribution in [3.63, 3.8) is 0 Å². The molecule has 80 valence electrons. The number of hydrogen-bond acceptors (Lipinski definition) is 2. The van der Waals surface area contributed by atoms with Gasteiger partial charge >= 0.3 is 22.4 Å². The Labute approximate surface area is 71.9 Å². The van der Waals surface area contributed by atoms with Gasteiger partial charge in [-0.1, -0.05) is 0 Å². The molecule has 0 N–H and O–H groups in total. The monoisotopic (exact) mass is 228 g/mol. The van der Waals surface area contributed by atoms with Crippen LogP contribution in [0, 0.1) is 0 Å². The zero-order valence-corrected chi connectivity index (χ0v) is 7.62. The average molecular weight is 228 g/mol. The maximum absolute atomic E-state index is 11.3. The van der Waals surface area contributed by atoms with E-state index in [0.29, 0.717) is 0 Å². The Kier molecular flexibility index (Phi) is 4.71.